The maximum absolute atomic E-state index is 12.9. The van der Waals surface area contributed by atoms with Crippen molar-refractivity contribution in [2.24, 2.45) is 15.9 Å². The molecule has 6 rings (SSSR count). The summed E-state index contributed by atoms with van der Waals surface area (Å²) in [6.45, 7) is 5.63. The molecule has 0 saturated carbocycles. The molecule has 14 heteroatoms. The van der Waals surface area contributed by atoms with Crippen LogP contribution < -0.4 is 20.7 Å². The van der Waals surface area contributed by atoms with Crippen LogP contribution in [-0.4, -0.2) is 91.6 Å². The maximum atomic E-state index is 12.9. The number of carbonyl (C=O) groups excluding carboxylic acids is 2. The highest BCUT2D eigenvalue weighted by Crippen LogP contribution is 2.31. The van der Waals surface area contributed by atoms with Crippen molar-refractivity contribution in [2.45, 2.75) is 25.7 Å². The monoisotopic (exact) mass is 662 g/mol. The number of carbonyl (C=O) groups is 2. The van der Waals surface area contributed by atoms with Crippen molar-refractivity contribution >= 4 is 35.8 Å². The first-order valence-corrected chi connectivity index (χ1v) is 15.3. The van der Waals surface area contributed by atoms with E-state index in [0.29, 0.717) is 23.3 Å². The normalized spacial score (nSPS) is 17.6. The molecule has 1 atom stereocenters. The zero-order chi connectivity index (χ0) is 34.4. The van der Waals surface area contributed by atoms with Crippen molar-refractivity contribution in [2.75, 3.05) is 45.2 Å². The number of amides is 4. The van der Waals surface area contributed by atoms with Crippen LogP contribution in [0.5, 0.6) is 5.75 Å². The Kier molecular flexibility index (Phi) is 10.3. The Morgan fingerprint density at radius 1 is 0.979 bits per heavy atom. The van der Waals surface area contributed by atoms with Crippen molar-refractivity contribution in [3.05, 3.63) is 101 Å². The number of fused-ring (bicyclic) bond motifs is 2. The fraction of sp³-hybridized carbons (Fsp3) is 0.294. The van der Waals surface area contributed by atoms with Gasteiger partial charge in [0.15, 0.2) is 0 Å². The van der Waals surface area contributed by atoms with Gasteiger partial charge in [-0.05, 0) is 61.9 Å². The summed E-state index contributed by atoms with van der Waals surface area (Å²) in [6.07, 6.45) is 0.584. The topological polar surface area (TPSA) is 119 Å². The molecule has 0 unspecified atom stereocenters. The number of nitrogens with one attached hydrogen (secondary N) is 1. The van der Waals surface area contributed by atoms with Crippen LogP contribution in [0.25, 0.3) is 6.08 Å². The predicted molar refractivity (Wildman–Crippen MR) is 179 cm³/mol. The molecule has 0 aromatic heterocycles. The van der Waals surface area contributed by atoms with Crippen LogP contribution in [0.2, 0.25) is 0 Å². The lowest BCUT2D eigenvalue weighted by molar-refractivity contribution is -0.274. The van der Waals surface area contributed by atoms with Crippen LogP contribution in [0.3, 0.4) is 0 Å². The van der Waals surface area contributed by atoms with E-state index in [4.69, 9.17) is 5.73 Å². The fourth-order valence-corrected chi connectivity index (χ4v) is 5.51. The smallest absolute Gasteiger partial charge is 0.406 e. The molecule has 3 aromatic rings. The number of nitrogens with zero attached hydrogens (tertiary/aromatic N) is 6. The van der Waals surface area contributed by atoms with E-state index in [-0.39, 0.29) is 11.8 Å². The molecule has 3 aromatic carbocycles. The zero-order valence-electron chi connectivity index (χ0n) is 26.8. The molecular formula is C34H37F3N8O3. The lowest BCUT2D eigenvalue weighted by atomic mass is 9.94. The third-order valence-electron chi connectivity index (χ3n) is 8.08. The third kappa shape index (κ3) is 8.31. The second-order valence-corrected chi connectivity index (χ2v) is 11.5. The van der Waals surface area contributed by atoms with Crippen molar-refractivity contribution in [3.8, 4) is 5.75 Å². The Bertz CT molecular complexity index is 1680. The third-order valence-corrected chi connectivity index (χ3v) is 8.08. The molecule has 3 heterocycles. The minimum absolute atomic E-state index is 0.296. The minimum Gasteiger partial charge on any atom is -0.406 e. The molecule has 48 heavy (non-hydrogen) atoms. The largest absolute Gasteiger partial charge is 0.573 e. The van der Waals surface area contributed by atoms with E-state index in [2.05, 4.69) is 37.1 Å². The summed E-state index contributed by atoms with van der Waals surface area (Å²) in [4.78, 5) is 27.9. The standard InChI is InChI=1S/C24H28F3N5O2.C10H9N3O/c1-16-14-18-6-9-20(34-24(25,26)27)15-21(18)22(29-32(16)23(33)28-2)17-4-7-19(8-5-17)31-12-10-30(3)11-13-31;11-10(14)13-6-5-8-3-1-2-4-9(8)7-12-13/h4-9,15-16H,10-14H2,1-3H3,(H,28,33);1-7H,(H2,11,14)/t16-;/m1./s1. The van der Waals surface area contributed by atoms with E-state index in [1.165, 1.54) is 24.2 Å². The number of hydrogen-bond donors (Lipinski definition) is 2. The van der Waals surface area contributed by atoms with E-state index >= 15 is 0 Å². The number of benzene rings is 3. The Morgan fingerprint density at radius 2 is 1.67 bits per heavy atom. The van der Waals surface area contributed by atoms with Gasteiger partial charge < -0.3 is 25.6 Å². The number of halogens is 3. The predicted octanol–water partition coefficient (Wildman–Crippen LogP) is 5.06. The Morgan fingerprint density at radius 3 is 2.31 bits per heavy atom. The molecule has 3 N–H and O–H groups in total. The first kappa shape index (κ1) is 34.0. The van der Waals surface area contributed by atoms with Gasteiger partial charge in [-0.1, -0.05) is 42.5 Å². The number of rotatable bonds is 3. The van der Waals surface area contributed by atoms with E-state index in [1.54, 1.807) is 24.6 Å². The number of hydrazone groups is 2. The van der Waals surface area contributed by atoms with Crippen molar-refractivity contribution in [1.82, 2.24) is 20.2 Å². The summed E-state index contributed by atoms with van der Waals surface area (Å²) in [5, 5.41) is 13.5. The summed E-state index contributed by atoms with van der Waals surface area (Å²) in [5.41, 5.74) is 10.6. The van der Waals surface area contributed by atoms with Gasteiger partial charge in [0.1, 0.15) is 5.75 Å². The van der Waals surface area contributed by atoms with Crippen LogP contribution in [0, 0.1) is 0 Å². The van der Waals surface area contributed by atoms with E-state index in [0.717, 1.165) is 53.6 Å². The number of ether oxygens (including phenoxy) is 1. The van der Waals surface area contributed by atoms with E-state index in [1.807, 2.05) is 55.5 Å². The Labute approximate surface area is 276 Å². The number of primary amides is 1. The first-order valence-electron chi connectivity index (χ1n) is 15.3. The highest BCUT2D eigenvalue weighted by molar-refractivity contribution is 6.14. The molecule has 0 aliphatic carbocycles. The van der Waals surface area contributed by atoms with E-state index < -0.39 is 18.4 Å². The van der Waals surface area contributed by atoms with Gasteiger partial charge in [-0.25, -0.2) is 14.6 Å². The highest BCUT2D eigenvalue weighted by atomic mass is 19.4. The maximum Gasteiger partial charge on any atom is 0.573 e. The molecule has 3 aliphatic rings. The van der Waals surface area contributed by atoms with E-state index in [9.17, 15) is 22.8 Å². The summed E-state index contributed by atoms with van der Waals surface area (Å²) in [6, 6.07) is 18.4. The average Bonchev–Trinajstić information content (AvgIpc) is 3.37. The summed E-state index contributed by atoms with van der Waals surface area (Å²) in [5.74, 6) is -0.325. The average molecular weight is 663 g/mol. The summed E-state index contributed by atoms with van der Waals surface area (Å²) in [7, 11) is 3.61. The molecule has 3 aliphatic heterocycles. The number of piperazine rings is 1. The Hall–Kier alpha value is -5.37. The summed E-state index contributed by atoms with van der Waals surface area (Å²) < 4.78 is 42.8. The van der Waals surface area contributed by atoms with Gasteiger partial charge >= 0.3 is 18.4 Å². The van der Waals surface area contributed by atoms with Crippen LogP contribution in [-0.2, 0) is 6.42 Å². The van der Waals surface area contributed by atoms with Crippen LogP contribution in [0.15, 0.2) is 83.1 Å². The molecular weight excluding hydrogens is 625 g/mol. The number of anilines is 1. The molecule has 11 nitrogen and oxygen atoms in total. The number of urea groups is 2. The highest BCUT2D eigenvalue weighted by Gasteiger charge is 2.33. The van der Waals surface area contributed by atoms with Gasteiger partial charge in [-0.15, -0.1) is 13.2 Å². The van der Waals surface area contributed by atoms with Crippen LogP contribution in [0.1, 0.15) is 34.7 Å². The SMILES string of the molecule is CNC(=O)N1N=C(c2ccc(N3CCN(C)CC3)cc2)c2cc(OC(F)(F)F)ccc2C[C@H]1C.NC(=O)N1C=Cc2ccccc2C=N1. The van der Waals surface area contributed by atoms with Gasteiger partial charge in [0, 0.05) is 61.8 Å². The molecule has 252 valence electrons. The molecule has 0 spiro atoms. The van der Waals surface area contributed by atoms with Crippen LogP contribution >= 0.6 is 0 Å². The number of nitrogens with two attached hydrogens (primary N) is 1. The minimum atomic E-state index is -4.80. The first-order chi connectivity index (χ1) is 22.9. The van der Waals surface area contributed by atoms with Gasteiger partial charge in [0.2, 0.25) is 0 Å². The fourth-order valence-electron chi connectivity index (χ4n) is 5.51. The van der Waals surface area contributed by atoms with Gasteiger partial charge in [0.05, 0.1) is 18.0 Å². The summed E-state index contributed by atoms with van der Waals surface area (Å²) >= 11 is 0. The zero-order valence-corrected chi connectivity index (χ0v) is 26.8. The van der Waals surface area contributed by atoms with Gasteiger partial charge in [0.25, 0.3) is 0 Å². The molecule has 0 bridgehead atoms. The number of alkyl halides is 3. The Balaban J connectivity index is 0.000000267. The van der Waals surface area contributed by atoms with Crippen molar-refractivity contribution in [3.63, 3.8) is 0 Å². The number of hydrogen-bond acceptors (Lipinski definition) is 7. The molecule has 1 fully saturated rings. The number of likely N-dealkylation sites (N-methyl/N-ethyl adjacent to an activating group) is 1. The lowest BCUT2D eigenvalue weighted by Crippen LogP contribution is -2.44. The van der Waals surface area contributed by atoms with Gasteiger partial charge in [-0.3, -0.25) is 0 Å². The van der Waals surface area contributed by atoms with Crippen molar-refractivity contribution in [1.29, 1.82) is 0 Å². The molecule has 0 radical (unpaired) electrons. The second-order valence-electron chi connectivity index (χ2n) is 11.5. The molecule has 4 amide bonds. The molecule has 1 saturated heterocycles. The van der Waals surface area contributed by atoms with Gasteiger partial charge in [-0.2, -0.15) is 15.2 Å². The van der Waals surface area contributed by atoms with Crippen LogP contribution in [0.4, 0.5) is 28.4 Å². The quantitative estimate of drug-likeness (QED) is 0.407. The van der Waals surface area contributed by atoms with Crippen molar-refractivity contribution < 1.29 is 27.5 Å². The second kappa shape index (κ2) is 14.6. The lowest BCUT2D eigenvalue weighted by Gasteiger charge is -2.34.